The summed E-state index contributed by atoms with van der Waals surface area (Å²) in [6, 6.07) is 39.2. The van der Waals surface area contributed by atoms with Crippen LogP contribution in [0.3, 0.4) is 0 Å². The molecule has 0 aliphatic heterocycles. The minimum absolute atomic E-state index is 0.627. The molecular formula is C33H19N3OS. The predicted octanol–water partition coefficient (Wildman–Crippen LogP) is 9.14. The zero-order valence-corrected chi connectivity index (χ0v) is 20.9. The largest absolute Gasteiger partial charge is 0.456 e. The maximum Gasteiger partial charge on any atom is 0.164 e. The quantitative estimate of drug-likeness (QED) is 0.240. The normalized spacial score (nSPS) is 11.7. The van der Waals surface area contributed by atoms with E-state index in [1.165, 1.54) is 20.2 Å². The van der Waals surface area contributed by atoms with E-state index < -0.39 is 0 Å². The van der Waals surface area contributed by atoms with Crippen LogP contribution in [0.2, 0.25) is 0 Å². The third-order valence-corrected chi connectivity index (χ3v) is 8.09. The Kier molecular flexibility index (Phi) is 4.66. The topological polar surface area (TPSA) is 51.8 Å². The van der Waals surface area contributed by atoms with Crippen molar-refractivity contribution in [3.63, 3.8) is 0 Å². The van der Waals surface area contributed by atoms with Crippen molar-refractivity contribution in [1.82, 2.24) is 15.0 Å². The molecule has 0 aliphatic carbocycles. The van der Waals surface area contributed by atoms with Crippen molar-refractivity contribution in [2.45, 2.75) is 0 Å². The van der Waals surface area contributed by atoms with Gasteiger partial charge in [-0.15, -0.1) is 11.3 Å². The summed E-state index contributed by atoms with van der Waals surface area (Å²) in [5, 5.41) is 4.45. The average Bonchev–Trinajstić information content (AvgIpc) is 3.56. The number of benzene rings is 5. The minimum atomic E-state index is 0.627. The molecule has 8 rings (SSSR count). The molecule has 0 spiro atoms. The van der Waals surface area contributed by atoms with E-state index in [0.717, 1.165) is 38.6 Å². The first kappa shape index (κ1) is 21.2. The van der Waals surface area contributed by atoms with Gasteiger partial charge in [-0.05, 0) is 24.3 Å². The second-order valence-electron chi connectivity index (χ2n) is 9.23. The second-order valence-corrected chi connectivity index (χ2v) is 10.3. The molecule has 0 N–H and O–H groups in total. The van der Waals surface area contributed by atoms with E-state index in [0.29, 0.717) is 17.5 Å². The van der Waals surface area contributed by atoms with Crippen molar-refractivity contribution in [3.05, 3.63) is 115 Å². The Balaban J connectivity index is 1.46. The van der Waals surface area contributed by atoms with Crippen molar-refractivity contribution in [1.29, 1.82) is 0 Å². The smallest absolute Gasteiger partial charge is 0.164 e. The Morgan fingerprint density at radius 2 is 1.05 bits per heavy atom. The summed E-state index contributed by atoms with van der Waals surface area (Å²) >= 11 is 1.79. The van der Waals surface area contributed by atoms with Gasteiger partial charge in [0.1, 0.15) is 11.2 Å². The van der Waals surface area contributed by atoms with E-state index >= 15 is 0 Å². The van der Waals surface area contributed by atoms with E-state index in [-0.39, 0.29) is 0 Å². The lowest BCUT2D eigenvalue weighted by molar-refractivity contribution is 0.669. The number of furan rings is 1. The van der Waals surface area contributed by atoms with Crippen LogP contribution in [0.4, 0.5) is 0 Å². The number of thiophene rings is 1. The Morgan fingerprint density at radius 3 is 1.89 bits per heavy atom. The number of aromatic nitrogens is 3. The summed E-state index contributed by atoms with van der Waals surface area (Å²) in [6.45, 7) is 0. The second kappa shape index (κ2) is 8.33. The Labute approximate surface area is 221 Å². The van der Waals surface area contributed by atoms with Gasteiger partial charge in [0.2, 0.25) is 0 Å². The lowest BCUT2D eigenvalue weighted by Crippen LogP contribution is -2.00. The highest BCUT2D eigenvalue weighted by Gasteiger charge is 2.19. The van der Waals surface area contributed by atoms with Crippen molar-refractivity contribution in [3.8, 4) is 34.2 Å². The lowest BCUT2D eigenvalue weighted by atomic mass is 10.0. The van der Waals surface area contributed by atoms with Crippen molar-refractivity contribution < 1.29 is 4.42 Å². The van der Waals surface area contributed by atoms with Gasteiger partial charge in [-0.3, -0.25) is 0 Å². The molecule has 5 heteroatoms. The maximum absolute atomic E-state index is 6.17. The van der Waals surface area contributed by atoms with E-state index in [2.05, 4.69) is 54.6 Å². The molecule has 38 heavy (non-hydrogen) atoms. The van der Waals surface area contributed by atoms with Crippen LogP contribution in [0.15, 0.2) is 120 Å². The average molecular weight is 506 g/mol. The summed E-state index contributed by atoms with van der Waals surface area (Å²) in [4.78, 5) is 15.1. The molecule has 0 radical (unpaired) electrons. The third-order valence-electron chi connectivity index (χ3n) is 6.95. The molecule has 0 fully saturated rings. The van der Waals surface area contributed by atoms with Gasteiger partial charge >= 0.3 is 0 Å². The van der Waals surface area contributed by atoms with E-state index in [9.17, 15) is 0 Å². The summed E-state index contributed by atoms with van der Waals surface area (Å²) in [5.41, 5.74) is 4.55. The molecule has 4 nitrogen and oxygen atoms in total. The molecule has 0 unspecified atom stereocenters. The fourth-order valence-electron chi connectivity index (χ4n) is 5.26. The number of fused-ring (bicyclic) bond motifs is 6. The Bertz CT molecular complexity index is 2010. The van der Waals surface area contributed by atoms with E-state index in [4.69, 9.17) is 19.4 Å². The molecule has 178 valence electrons. The van der Waals surface area contributed by atoms with Crippen LogP contribution in [0.1, 0.15) is 0 Å². The highest BCUT2D eigenvalue weighted by Crippen LogP contribution is 2.40. The number of hydrogen-bond donors (Lipinski definition) is 0. The number of rotatable bonds is 3. The van der Waals surface area contributed by atoms with Crippen molar-refractivity contribution >= 4 is 53.4 Å². The van der Waals surface area contributed by atoms with Gasteiger partial charge in [0, 0.05) is 47.6 Å². The standard InChI is InChI=1S/C33H19N3OS/c1-2-10-20(11-3-1)31-34-32(23-14-8-17-26-29(23)21-12-4-6-16-25(21)37-26)36-33(35-31)24-15-9-19-28-30(24)22-13-5-7-18-27(22)38-28/h1-19H. The van der Waals surface area contributed by atoms with Crippen LogP contribution in [0.25, 0.3) is 76.3 Å². The number of nitrogens with zero attached hydrogens (tertiary/aromatic N) is 3. The van der Waals surface area contributed by atoms with Crippen LogP contribution in [0, 0.1) is 0 Å². The fourth-order valence-corrected chi connectivity index (χ4v) is 6.39. The third kappa shape index (κ3) is 3.26. The number of hydrogen-bond acceptors (Lipinski definition) is 5. The van der Waals surface area contributed by atoms with Gasteiger partial charge in [0.15, 0.2) is 17.5 Å². The fraction of sp³-hybridized carbons (Fsp3) is 0. The monoisotopic (exact) mass is 505 g/mol. The molecule has 0 saturated carbocycles. The highest BCUT2D eigenvalue weighted by atomic mass is 32.1. The molecule has 0 amide bonds. The summed E-state index contributed by atoms with van der Waals surface area (Å²) in [6.07, 6.45) is 0. The maximum atomic E-state index is 6.17. The molecular weight excluding hydrogens is 486 g/mol. The van der Waals surface area contributed by atoms with Gasteiger partial charge in [-0.2, -0.15) is 0 Å². The molecule has 0 saturated heterocycles. The zero-order valence-electron chi connectivity index (χ0n) is 20.1. The first-order valence-corrected chi connectivity index (χ1v) is 13.3. The molecule has 0 aliphatic rings. The number of para-hydroxylation sites is 1. The van der Waals surface area contributed by atoms with Crippen LogP contribution in [0.5, 0.6) is 0 Å². The van der Waals surface area contributed by atoms with Crippen LogP contribution >= 0.6 is 11.3 Å². The zero-order chi connectivity index (χ0) is 25.1. The summed E-state index contributed by atoms with van der Waals surface area (Å²) in [7, 11) is 0. The van der Waals surface area contributed by atoms with Gasteiger partial charge in [-0.1, -0.05) is 91.0 Å². The van der Waals surface area contributed by atoms with Crippen LogP contribution in [-0.2, 0) is 0 Å². The van der Waals surface area contributed by atoms with Crippen molar-refractivity contribution in [2.24, 2.45) is 0 Å². The molecule has 3 heterocycles. The van der Waals surface area contributed by atoms with Gasteiger partial charge < -0.3 is 4.42 Å². The highest BCUT2D eigenvalue weighted by molar-refractivity contribution is 7.25. The molecule has 0 bridgehead atoms. The van der Waals surface area contributed by atoms with Gasteiger partial charge in [-0.25, -0.2) is 15.0 Å². The van der Waals surface area contributed by atoms with Crippen LogP contribution in [-0.4, -0.2) is 15.0 Å². The first-order chi connectivity index (χ1) is 18.8. The van der Waals surface area contributed by atoms with E-state index in [1.807, 2.05) is 60.7 Å². The molecule has 3 aromatic heterocycles. The molecule has 8 aromatic rings. The van der Waals surface area contributed by atoms with Crippen molar-refractivity contribution in [2.75, 3.05) is 0 Å². The first-order valence-electron chi connectivity index (χ1n) is 12.5. The van der Waals surface area contributed by atoms with Crippen LogP contribution < -0.4 is 0 Å². The Hall–Kier alpha value is -4.87. The lowest BCUT2D eigenvalue weighted by Gasteiger charge is -2.10. The summed E-state index contributed by atoms with van der Waals surface area (Å²) < 4.78 is 8.64. The SMILES string of the molecule is c1ccc(-c2nc(-c3cccc4oc5ccccc5c34)nc(-c3cccc4sc5ccccc5c34)n2)cc1. The van der Waals surface area contributed by atoms with Gasteiger partial charge in [0.05, 0.1) is 0 Å². The Morgan fingerprint density at radius 1 is 0.447 bits per heavy atom. The molecule has 0 atom stereocenters. The van der Waals surface area contributed by atoms with E-state index in [1.54, 1.807) is 11.3 Å². The summed E-state index contributed by atoms with van der Waals surface area (Å²) in [5.74, 6) is 1.93. The van der Waals surface area contributed by atoms with Gasteiger partial charge in [0.25, 0.3) is 0 Å². The molecule has 5 aromatic carbocycles. The predicted molar refractivity (Wildman–Crippen MR) is 156 cm³/mol. The minimum Gasteiger partial charge on any atom is -0.456 e.